The van der Waals surface area contributed by atoms with Crippen LogP contribution in [-0.2, 0) is 9.53 Å². The van der Waals surface area contributed by atoms with Gasteiger partial charge in [0.2, 0.25) is 0 Å². The van der Waals surface area contributed by atoms with Gasteiger partial charge in [-0.1, -0.05) is 0 Å². The second-order valence-electron chi connectivity index (χ2n) is 4.44. The molecule has 116 valence electrons. The van der Waals surface area contributed by atoms with E-state index in [-0.39, 0.29) is 5.56 Å². The first-order valence-corrected chi connectivity index (χ1v) is 7.21. The highest BCUT2D eigenvalue weighted by molar-refractivity contribution is 9.10. The molecule has 0 bridgehead atoms. The maximum Gasteiger partial charge on any atom is 0.339 e. The molecular formula is C16H10BrFN2O3. The van der Waals surface area contributed by atoms with Crippen LogP contribution < -0.4 is 5.32 Å². The van der Waals surface area contributed by atoms with Crippen LogP contribution in [0.3, 0.4) is 0 Å². The zero-order chi connectivity index (χ0) is 16.8. The molecule has 0 fully saturated rings. The van der Waals surface area contributed by atoms with E-state index in [0.29, 0.717) is 15.7 Å². The Bertz CT molecular complexity index is 785. The smallest absolute Gasteiger partial charge is 0.339 e. The first-order valence-electron chi connectivity index (χ1n) is 6.42. The number of hydrogen-bond donors (Lipinski definition) is 1. The summed E-state index contributed by atoms with van der Waals surface area (Å²) in [6.45, 7) is -0.512. The van der Waals surface area contributed by atoms with Gasteiger partial charge < -0.3 is 10.1 Å². The summed E-state index contributed by atoms with van der Waals surface area (Å²) in [5.41, 5.74) is 0.929. The van der Waals surface area contributed by atoms with E-state index < -0.39 is 24.3 Å². The molecule has 2 rings (SSSR count). The topological polar surface area (TPSA) is 79.2 Å². The summed E-state index contributed by atoms with van der Waals surface area (Å²) in [4.78, 5) is 23.5. The van der Waals surface area contributed by atoms with Gasteiger partial charge in [0.1, 0.15) is 5.82 Å². The third kappa shape index (κ3) is 4.63. The van der Waals surface area contributed by atoms with Gasteiger partial charge in [0.15, 0.2) is 6.61 Å². The summed E-state index contributed by atoms with van der Waals surface area (Å²) >= 11 is 3.11. The highest BCUT2D eigenvalue weighted by Crippen LogP contribution is 2.18. The number of nitrogens with zero attached hydrogens (tertiary/aromatic N) is 1. The van der Waals surface area contributed by atoms with Crippen molar-refractivity contribution in [2.45, 2.75) is 0 Å². The van der Waals surface area contributed by atoms with Gasteiger partial charge in [0.25, 0.3) is 5.91 Å². The molecule has 5 nitrogen and oxygen atoms in total. The molecule has 1 amide bonds. The molecule has 0 aliphatic carbocycles. The Balaban J connectivity index is 1.92. The predicted molar refractivity (Wildman–Crippen MR) is 84.2 cm³/mol. The van der Waals surface area contributed by atoms with Crippen molar-refractivity contribution in [3.63, 3.8) is 0 Å². The molecule has 0 heterocycles. The van der Waals surface area contributed by atoms with E-state index in [1.807, 2.05) is 6.07 Å². The van der Waals surface area contributed by atoms with Crippen LogP contribution in [0.2, 0.25) is 0 Å². The van der Waals surface area contributed by atoms with Crippen LogP contribution in [0.4, 0.5) is 10.1 Å². The Kier molecular flexibility index (Phi) is 5.44. The van der Waals surface area contributed by atoms with E-state index in [9.17, 15) is 14.0 Å². The summed E-state index contributed by atoms with van der Waals surface area (Å²) in [5.74, 6) is -1.94. The number of carbonyl (C=O) groups is 2. The summed E-state index contributed by atoms with van der Waals surface area (Å²) in [6, 6.07) is 11.8. The first kappa shape index (κ1) is 16.6. The van der Waals surface area contributed by atoms with Crippen molar-refractivity contribution in [1.29, 1.82) is 5.26 Å². The summed E-state index contributed by atoms with van der Waals surface area (Å²) < 4.78 is 18.3. The molecule has 23 heavy (non-hydrogen) atoms. The Morgan fingerprint density at radius 1 is 1.22 bits per heavy atom. The van der Waals surface area contributed by atoms with Crippen molar-refractivity contribution >= 4 is 33.5 Å². The van der Waals surface area contributed by atoms with E-state index >= 15 is 0 Å². The first-order chi connectivity index (χ1) is 11.0. The van der Waals surface area contributed by atoms with Gasteiger partial charge in [0, 0.05) is 10.2 Å². The fourth-order valence-electron chi connectivity index (χ4n) is 1.69. The maximum absolute atomic E-state index is 13.1. The number of hydrogen-bond acceptors (Lipinski definition) is 4. The Morgan fingerprint density at radius 3 is 2.57 bits per heavy atom. The Morgan fingerprint density at radius 2 is 1.91 bits per heavy atom. The summed E-state index contributed by atoms with van der Waals surface area (Å²) in [7, 11) is 0. The van der Waals surface area contributed by atoms with Crippen molar-refractivity contribution in [2.24, 2.45) is 0 Å². The maximum atomic E-state index is 13.1. The standard InChI is InChI=1S/C16H10BrFN2O3/c17-14-6-3-11(18)7-13(14)16(22)23-9-15(21)20-12-4-1-10(8-19)2-5-12/h1-7H,9H2,(H,20,21). The van der Waals surface area contributed by atoms with Crippen molar-refractivity contribution in [2.75, 3.05) is 11.9 Å². The zero-order valence-corrected chi connectivity index (χ0v) is 13.3. The van der Waals surface area contributed by atoms with Gasteiger partial charge in [-0.25, -0.2) is 9.18 Å². The number of ether oxygens (including phenoxy) is 1. The third-order valence-corrected chi connectivity index (χ3v) is 3.47. The number of nitrogens with one attached hydrogen (secondary N) is 1. The molecule has 7 heteroatoms. The zero-order valence-electron chi connectivity index (χ0n) is 11.7. The van der Waals surface area contributed by atoms with Crippen LogP contribution in [-0.4, -0.2) is 18.5 Å². The lowest BCUT2D eigenvalue weighted by Crippen LogP contribution is -2.21. The number of rotatable bonds is 4. The molecule has 0 spiro atoms. The van der Waals surface area contributed by atoms with Gasteiger partial charge in [-0.15, -0.1) is 0 Å². The summed E-state index contributed by atoms with van der Waals surface area (Å²) in [5, 5.41) is 11.2. The van der Waals surface area contributed by atoms with Gasteiger partial charge in [0.05, 0.1) is 17.2 Å². The van der Waals surface area contributed by atoms with Gasteiger partial charge in [-0.05, 0) is 58.4 Å². The highest BCUT2D eigenvalue weighted by atomic mass is 79.9. The second-order valence-corrected chi connectivity index (χ2v) is 5.29. The van der Waals surface area contributed by atoms with E-state index in [0.717, 1.165) is 6.07 Å². The minimum Gasteiger partial charge on any atom is -0.452 e. The number of benzene rings is 2. The lowest BCUT2D eigenvalue weighted by atomic mass is 10.2. The number of halogens is 2. The predicted octanol–water partition coefficient (Wildman–Crippen LogP) is 3.26. The van der Waals surface area contributed by atoms with Crippen LogP contribution in [0.15, 0.2) is 46.9 Å². The molecule has 2 aromatic carbocycles. The third-order valence-electron chi connectivity index (χ3n) is 2.78. The van der Waals surface area contributed by atoms with E-state index in [1.54, 1.807) is 24.3 Å². The van der Waals surface area contributed by atoms with Crippen LogP contribution in [0.5, 0.6) is 0 Å². The monoisotopic (exact) mass is 376 g/mol. The van der Waals surface area contributed by atoms with Crippen molar-refractivity contribution in [3.8, 4) is 6.07 Å². The van der Waals surface area contributed by atoms with E-state index in [1.165, 1.54) is 12.1 Å². The largest absolute Gasteiger partial charge is 0.452 e. The van der Waals surface area contributed by atoms with Crippen LogP contribution in [0, 0.1) is 17.1 Å². The van der Waals surface area contributed by atoms with E-state index in [4.69, 9.17) is 10.00 Å². The lowest BCUT2D eigenvalue weighted by molar-refractivity contribution is -0.119. The summed E-state index contributed by atoms with van der Waals surface area (Å²) in [6.07, 6.45) is 0. The molecule has 0 atom stereocenters. The van der Waals surface area contributed by atoms with Crippen molar-refractivity contribution < 1.29 is 18.7 Å². The van der Waals surface area contributed by atoms with Gasteiger partial charge >= 0.3 is 5.97 Å². The molecule has 0 saturated heterocycles. The minimum absolute atomic E-state index is 0.00354. The van der Waals surface area contributed by atoms with Crippen LogP contribution in [0.25, 0.3) is 0 Å². The fraction of sp³-hybridized carbons (Fsp3) is 0.0625. The molecule has 2 aromatic rings. The Labute approximate surface area is 139 Å². The molecule has 0 aromatic heterocycles. The number of anilines is 1. The molecular weight excluding hydrogens is 367 g/mol. The molecule has 0 saturated carbocycles. The minimum atomic E-state index is -0.814. The van der Waals surface area contributed by atoms with Crippen molar-refractivity contribution in [3.05, 3.63) is 63.9 Å². The van der Waals surface area contributed by atoms with Crippen LogP contribution in [0.1, 0.15) is 15.9 Å². The van der Waals surface area contributed by atoms with Gasteiger partial charge in [-0.2, -0.15) is 5.26 Å². The van der Waals surface area contributed by atoms with Crippen molar-refractivity contribution in [1.82, 2.24) is 0 Å². The number of nitriles is 1. The SMILES string of the molecule is N#Cc1ccc(NC(=O)COC(=O)c2cc(F)ccc2Br)cc1. The molecule has 0 aliphatic rings. The van der Waals surface area contributed by atoms with Gasteiger partial charge in [-0.3, -0.25) is 4.79 Å². The number of amides is 1. The van der Waals surface area contributed by atoms with Crippen LogP contribution >= 0.6 is 15.9 Å². The second kappa shape index (κ2) is 7.51. The average Bonchev–Trinajstić information content (AvgIpc) is 2.55. The lowest BCUT2D eigenvalue weighted by Gasteiger charge is -2.07. The highest BCUT2D eigenvalue weighted by Gasteiger charge is 2.14. The number of esters is 1. The molecule has 0 unspecified atom stereocenters. The van der Waals surface area contributed by atoms with E-state index in [2.05, 4.69) is 21.2 Å². The quantitative estimate of drug-likeness (QED) is 0.830. The number of carbonyl (C=O) groups excluding carboxylic acids is 2. The average molecular weight is 377 g/mol. The molecule has 0 aliphatic heterocycles. The normalized spacial score (nSPS) is 9.78. The Hall–Kier alpha value is -2.72. The fourth-order valence-corrected chi connectivity index (χ4v) is 2.10. The molecule has 0 radical (unpaired) electrons. The molecule has 1 N–H and O–H groups in total.